The zero-order chi connectivity index (χ0) is 14.4. The normalized spacial score (nSPS) is 15.0. The minimum atomic E-state index is 0.0449. The minimum Gasteiger partial charge on any atom is -0.497 e. The fraction of sp³-hybridized carbons (Fsp3) is 0.533. The molecule has 1 heterocycles. The van der Waals surface area contributed by atoms with Gasteiger partial charge in [-0.1, -0.05) is 0 Å². The SMILES string of the molecule is COc1ccc(OCC(=O)N2CCCCC2)c(CN)c1. The van der Waals surface area contributed by atoms with Gasteiger partial charge in [-0.15, -0.1) is 0 Å². The summed E-state index contributed by atoms with van der Waals surface area (Å²) in [4.78, 5) is 13.9. The Labute approximate surface area is 119 Å². The van der Waals surface area contributed by atoms with Crippen molar-refractivity contribution in [1.29, 1.82) is 0 Å². The molecule has 0 spiro atoms. The van der Waals surface area contributed by atoms with E-state index in [1.165, 1.54) is 6.42 Å². The summed E-state index contributed by atoms with van der Waals surface area (Å²) in [6.07, 6.45) is 3.38. The molecule has 5 nitrogen and oxygen atoms in total. The van der Waals surface area contributed by atoms with E-state index in [0.717, 1.165) is 37.2 Å². The van der Waals surface area contributed by atoms with Gasteiger partial charge in [-0.05, 0) is 37.5 Å². The molecule has 1 aliphatic rings. The van der Waals surface area contributed by atoms with Gasteiger partial charge in [-0.3, -0.25) is 4.79 Å². The molecule has 0 radical (unpaired) electrons. The fourth-order valence-electron chi connectivity index (χ4n) is 2.36. The first kappa shape index (κ1) is 14.7. The highest BCUT2D eigenvalue weighted by molar-refractivity contribution is 5.77. The Balaban J connectivity index is 1.94. The smallest absolute Gasteiger partial charge is 0.260 e. The maximum absolute atomic E-state index is 12.0. The summed E-state index contributed by atoms with van der Waals surface area (Å²) < 4.78 is 10.8. The first-order valence-electron chi connectivity index (χ1n) is 7.02. The largest absolute Gasteiger partial charge is 0.497 e. The van der Waals surface area contributed by atoms with Gasteiger partial charge in [0.2, 0.25) is 0 Å². The highest BCUT2D eigenvalue weighted by atomic mass is 16.5. The Hall–Kier alpha value is -1.75. The van der Waals surface area contributed by atoms with Crippen LogP contribution in [0.25, 0.3) is 0 Å². The summed E-state index contributed by atoms with van der Waals surface area (Å²) in [5, 5.41) is 0. The second-order valence-electron chi connectivity index (χ2n) is 4.91. The van der Waals surface area contributed by atoms with Crippen LogP contribution in [0.4, 0.5) is 0 Å². The number of hydrogen-bond acceptors (Lipinski definition) is 4. The van der Waals surface area contributed by atoms with Gasteiger partial charge in [0.15, 0.2) is 6.61 Å². The lowest BCUT2D eigenvalue weighted by molar-refractivity contribution is -0.134. The van der Waals surface area contributed by atoms with Gasteiger partial charge in [-0.2, -0.15) is 0 Å². The van der Waals surface area contributed by atoms with Crippen LogP contribution in [0, 0.1) is 0 Å². The number of likely N-dealkylation sites (tertiary alicyclic amines) is 1. The average molecular weight is 278 g/mol. The summed E-state index contributed by atoms with van der Waals surface area (Å²) in [5.74, 6) is 1.43. The van der Waals surface area contributed by atoms with E-state index in [4.69, 9.17) is 15.2 Å². The number of hydrogen-bond donors (Lipinski definition) is 1. The van der Waals surface area contributed by atoms with E-state index in [9.17, 15) is 4.79 Å². The van der Waals surface area contributed by atoms with E-state index in [0.29, 0.717) is 12.3 Å². The molecule has 1 amide bonds. The fourth-order valence-corrected chi connectivity index (χ4v) is 2.36. The van der Waals surface area contributed by atoms with Crippen LogP contribution in [0.3, 0.4) is 0 Å². The monoisotopic (exact) mass is 278 g/mol. The lowest BCUT2D eigenvalue weighted by Gasteiger charge is -2.26. The third kappa shape index (κ3) is 3.63. The molecule has 1 fully saturated rings. The number of amides is 1. The highest BCUT2D eigenvalue weighted by Crippen LogP contribution is 2.23. The molecule has 1 aromatic rings. The van der Waals surface area contributed by atoms with Gasteiger partial charge in [0.25, 0.3) is 5.91 Å². The van der Waals surface area contributed by atoms with Crippen molar-refractivity contribution in [2.24, 2.45) is 5.73 Å². The van der Waals surface area contributed by atoms with Crippen molar-refractivity contribution in [1.82, 2.24) is 4.90 Å². The zero-order valence-corrected chi connectivity index (χ0v) is 11.9. The van der Waals surface area contributed by atoms with Gasteiger partial charge in [0.1, 0.15) is 11.5 Å². The Morgan fingerprint density at radius 3 is 2.70 bits per heavy atom. The number of nitrogens with zero attached hydrogens (tertiary/aromatic N) is 1. The number of carbonyl (C=O) groups is 1. The van der Waals surface area contributed by atoms with Crippen LogP contribution >= 0.6 is 0 Å². The maximum Gasteiger partial charge on any atom is 0.260 e. The lowest BCUT2D eigenvalue weighted by atomic mass is 10.1. The first-order chi connectivity index (χ1) is 9.74. The summed E-state index contributed by atoms with van der Waals surface area (Å²) in [6, 6.07) is 5.44. The van der Waals surface area contributed by atoms with Gasteiger partial charge in [0, 0.05) is 25.2 Å². The predicted octanol–water partition coefficient (Wildman–Crippen LogP) is 1.55. The predicted molar refractivity (Wildman–Crippen MR) is 76.8 cm³/mol. The van der Waals surface area contributed by atoms with Crippen molar-refractivity contribution in [3.05, 3.63) is 23.8 Å². The van der Waals surface area contributed by atoms with E-state index in [1.54, 1.807) is 19.2 Å². The molecule has 1 aliphatic heterocycles. The maximum atomic E-state index is 12.0. The molecule has 110 valence electrons. The molecule has 0 atom stereocenters. The molecule has 1 saturated heterocycles. The summed E-state index contributed by atoms with van der Waals surface area (Å²) in [7, 11) is 1.61. The zero-order valence-electron chi connectivity index (χ0n) is 11.9. The van der Waals surface area contributed by atoms with Crippen molar-refractivity contribution >= 4 is 5.91 Å². The third-order valence-corrected chi connectivity index (χ3v) is 3.55. The van der Waals surface area contributed by atoms with E-state index >= 15 is 0 Å². The highest BCUT2D eigenvalue weighted by Gasteiger charge is 2.17. The molecule has 0 unspecified atom stereocenters. The summed E-state index contributed by atoms with van der Waals surface area (Å²) >= 11 is 0. The van der Waals surface area contributed by atoms with Gasteiger partial charge in [0.05, 0.1) is 7.11 Å². The molecular formula is C15H22N2O3. The Morgan fingerprint density at radius 2 is 2.05 bits per heavy atom. The number of carbonyl (C=O) groups excluding carboxylic acids is 1. The van der Waals surface area contributed by atoms with Crippen molar-refractivity contribution in [3.8, 4) is 11.5 Å². The van der Waals surface area contributed by atoms with Gasteiger partial charge >= 0.3 is 0 Å². The molecule has 2 rings (SSSR count). The van der Waals surface area contributed by atoms with Crippen molar-refractivity contribution < 1.29 is 14.3 Å². The molecule has 2 N–H and O–H groups in total. The van der Waals surface area contributed by atoms with Crippen LogP contribution in [-0.4, -0.2) is 37.6 Å². The molecule has 0 aliphatic carbocycles. The topological polar surface area (TPSA) is 64.8 Å². The van der Waals surface area contributed by atoms with Crippen LogP contribution in [0.1, 0.15) is 24.8 Å². The van der Waals surface area contributed by atoms with E-state index in [2.05, 4.69) is 0 Å². The molecule has 20 heavy (non-hydrogen) atoms. The minimum absolute atomic E-state index is 0.0449. The van der Waals surface area contributed by atoms with Crippen molar-refractivity contribution in [3.63, 3.8) is 0 Å². The van der Waals surface area contributed by atoms with E-state index < -0.39 is 0 Å². The molecule has 5 heteroatoms. The number of nitrogens with two attached hydrogens (primary N) is 1. The Kier molecular flexibility index (Phi) is 5.24. The molecule has 0 aromatic heterocycles. The van der Waals surface area contributed by atoms with Crippen LogP contribution in [0.15, 0.2) is 18.2 Å². The Morgan fingerprint density at radius 1 is 1.30 bits per heavy atom. The third-order valence-electron chi connectivity index (χ3n) is 3.55. The molecular weight excluding hydrogens is 256 g/mol. The standard InChI is InChI=1S/C15H22N2O3/c1-19-13-5-6-14(12(9-13)10-16)20-11-15(18)17-7-3-2-4-8-17/h5-6,9H,2-4,7-8,10-11,16H2,1H3. The van der Waals surface area contributed by atoms with E-state index in [1.807, 2.05) is 11.0 Å². The van der Waals surface area contributed by atoms with Gasteiger partial charge < -0.3 is 20.1 Å². The molecule has 0 bridgehead atoms. The van der Waals surface area contributed by atoms with Crippen molar-refractivity contribution in [2.75, 3.05) is 26.8 Å². The second kappa shape index (κ2) is 7.14. The summed E-state index contributed by atoms with van der Waals surface area (Å²) in [5.41, 5.74) is 6.54. The Bertz CT molecular complexity index is 456. The number of methoxy groups -OCH3 is 1. The number of ether oxygens (including phenoxy) is 2. The molecule has 0 saturated carbocycles. The number of benzene rings is 1. The molecule has 1 aromatic carbocycles. The second-order valence-corrected chi connectivity index (χ2v) is 4.91. The van der Waals surface area contributed by atoms with Crippen LogP contribution in [0.2, 0.25) is 0 Å². The average Bonchev–Trinajstić information content (AvgIpc) is 2.53. The van der Waals surface area contributed by atoms with Crippen LogP contribution in [-0.2, 0) is 11.3 Å². The van der Waals surface area contributed by atoms with Crippen molar-refractivity contribution in [2.45, 2.75) is 25.8 Å². The first-order valence-corrected chi connectivity index (χ1v) is 7.02. The summed E-state index contributed by atoms with van der Waals surface area (Å²) in [6.45, 7) is 2.10. The van der Waals surface area contributed by atoms with E-state index in [-0.39, 0.29) is 12.5 Å². The number of rotatable bonds is 5. The quantitative estimate of drug-likeness (QED) is 0.887. The lowest BCUT2D eigenvalue weighted by Crippen LogP contribution is -2.38. The van der Waals surface area contributed by atoms with Crippen LogP contribution in [0.5, 0.6) is 11.5 Å². The van der Waals surface area contributed by atoms with Gasteiger partial charge in [-0.25, -0.2) is 0 Å². The van der Waals surface area contributed by atoms with Crippen LogP contribution < -0.4 is 15.2 Å². The number of piperidine rings is 1.